The Morgan fingerprint density at radius 2 is 1.75 bits per heavy atom. The van der Waals surface area contributed by atoms with Gasteiger partial charge in [-0.2, -0.15) is 4.98 Å². The van der Waals surface area contributed by atoms with E-state index in [0.717, 1.165) is 6.42 Å². The summed E-state index contributed by atoms with van der Waals surface area (Å²) in [7, 11) is -2.39. The Bertz CT molecular complexity index is 2250. The second kappa shape index (κ2) is 16.7. The van der Waals surface area contributed by atoms with E-state index in [2.05, 4.69) is 15.4 Å². The SMILES string of the molecule is COc1ccc2c(O[C@@H]3C[C@H]4C(=O)N[C@]5(C(=O)NS(=O)(=O)C6CC6)C[C@H]5C=CCC[C@@H](C)C[C@@H](C)[C@H](NC(=O)O)C(=O)N4C3)nc(-c3ccc(OC(C)C)cc3)nc2c1. The van der Waals surface area contributed by atoms with Gasteiger partial charge in [0.15, 0.2) is 5.82 Å². The van der Waals surface area contributed by atoms with Gasteiger partial charge in [-0.25, -0.2) is 18.2 Å². The number of methoxy groups -OCH3 is 1. The number of ether oxygens (including phenoxy) is 3. The van der Waals surface area contributed by atoms with Gasteiger partial charge in [0.25, 0.3) is 5.91 Å². The minimum atomic E-state index is -3.94. The van der Waals surface area contributed by atoms with E-state index in [9.17, 15) is 32.7 Å². The Kier molecular flexibility index (Phi) is 11.8. The summed E-state index contributed by atoms with van der Waals surface area (Å²) in [6, 6.07) is 10.1. The maximum atomic E-state index is 14.6. The molecule has 0 radical (unpaired) electrons. The summed E-state index contributed by atoms with van der Waals surface area (Å²) in [6.07, 6.45) is 4.45. The summed E-state index contributed by atoms with van der Waals surface area (Å²) in [5.41, 5.74) is -0.368. The van der Waals surface area contributed by atoms with E-state index in [0.29, 0.717) is 59.5 Å². The van der Waals surface area contributed by atoms with Crippen molar-refractivity contribution in [1.29, 1.82) is 0 Å². The molecule has 1 aromatic heterocycles. The van der Waals surface area contributed by atoms with Gasteiger partial charge in [0.05, 0.1) is 35.9 Å². The highest BCUT2D eigenvalue weighted by Gasteiger charge is 2.62. The van der Waals surface area contributed by atoms with E-state index < -0.39 is 74.7 Å². The Morgan fingerprint density at radius 3 is 2.42 bits per heavy atom. The van der Waals surface area contributed by atoms with Crippen LogP contribution in [-0.2, 0) is 24.4 Å². The molecule has 0 unspecified atom stereocenters. The Labute approximate surface area is 343 Å². The van der Waals surface area contributed by atoms with Crippen LogP contribution in [0.3, 0.4) is 0 Å². The predicted octanol–water partition coefficient (Wildman–Crippen LogP) is 4.57. The van der Waals surface area contributed by atoms with Gasteiger partial charge < -0.3 is 34.9 Å². The molecule has 17 heteroatoms. The third kappa shape index (κ3) is 9.24. The van der Waals surface area contributed by atoms with Crippen molar-refractivity contribution in [3.8, 4) is 28.8 Å². The van der Waals surface area contributed by atoms with Crippen LogP contribution in [0.5, 0.6) is 17.4 Å². The molecule has 3 fully saturated rings. The number of sulfonamides is 1. The van der Waals surface area contributed by atoms with Gasteiger partial charge >= 0.3 is 6.09 Å². The third-order valence-electron chi connectivity index (χ3n) is 11.5. The summed E-state index contributed by atoms with van der Waals surface area (Å²) in [4.78, 5) is 66.0. The van der Waals surface area contributed by atoms with Crippen molar-refractivity contribution >= 4 is 44.7 Å². The number of rotatable bonds is 10. The number of hydrogen-bond donors (Lipinski definition) is 4. The lowest BCUT2D eigenvalue weighted by molar-refractivity contribution is -0.142. The number of carbonyl (C=O) groups is 4. The summed E-state index contributed by atoms with van der Waals surface area (Å²) in [5.74, 6) is -1.19. The molecule has 59 heavy (non-hydrogen) atoms. The molecule has 16 nitrogen and oxygen atoms in total. The summed E-state index contributed by atoms with van der Waals surface area (Å²) >= 11 is 0. The fourth-order valence-electron chi connectivity index (χ4n) is 8.17. The maximum Gasteiger partial charge on any atom is 0.405 e. The smallest absolute Gasteiger partial charge is 0.405 e. The van der Waals surface area contributed by atoms with Crippen LogP contribution >= 0.6 is 0 Å². The summed E-state index contributed by atoms with van der Waals surface area (Å²) < 4.78 is 45.9. The van der Waals surface area contributed by atoms with Crippen molar-refractivity contribution in [2.45, 2.75) is 108 Å². The van der Waals surface area contributed by atoms with E-state index in [-0.39, 0.29) is 37.3 Å². The van der Waals surface area contributed by atoms with Crippen LogP contribution in [0, 0.1) is 17.8 Å². The summed E-state index contributed by atoms with van der Waals surface area (Å²) in [6.45, 7) is 7.59. The molecule has 2 saturated carbocycles. The number of allylic oxidation sites excluding steroid dienone is 1. The molecular weight excluding hydrogens is 781 g/mol. The number of aromatic nitrogens is 2. The molecule has 0 spiro atoms. The second-order valence-electron chi connectivity index (χ2n) is 16.6. The zero-order valence-electron chi connectivity index (χ0n) is 33.8. The predicted molar refractivity (Wildman–Crippen MR) is 217 cm³/mol. The zero-order chi connectivity index (χ0) is 42.2. The highest BCUT2D eigenvalue weighted by molar-refractivity contribution is 7.91. The minimum Gasteiger partial charge on any atom is -0.497 e. The highest BCUT2D eigenvalue weighted by atomic mass is 32.2. The van der Waals surface area contributed by atoms with Gasteiger partial charge in [0, 0.05) is 24.0 Å². The standard InChI is InChI=1S/C42H52N6O10S/c1-23(2)57-28-12-10-26(11-13-28)36-43-33-19-29(56-5)14-17-32(33)38(45-36)58-30-20-34-37(49)46-42(40(51)47-59(54,55)31-15-16-31)21-27(42)9-7-6-8-24(3)18-25(4)35(44-41(52)53)39(50)48(34)22-30/h7,9-14,17,19,23-25,27,30-31,34-35,44H,6,8,15-16,18,20-22H2,1-5H3,(H,46,49)(H,47,51)(H,52,53)/t24-,25-,27-,30-,34+,35+,42-/m1/s1. The van der Waals surface area contributed by atoms with Crippen molar-refractivity contribution in [1.82, 2.24) is 30.2 Å². The Balaban J connectivity index is 1.24. The van der Waals surface area contributed by atoms with Crippen LogP contribution < -0.4 is 29.6 Å². The number of carbonyl (C=O) groups excluding carboxylic acids is 3. The van der Waals surface area contributed by atoms with E-state index in [1.54, 1.807) is 32.2 Å². The van der Waals surface area contributed by atoms with Crippen molar-refractivity contribution in [3.05, 3.63) is 54.6 Å². The van der Waals surface area contributed by atoms with Crippen LogP contribution in [0.4, 0.5) is 4.79 Å². The average Bonchev–Trinajstić information content (AvgIpc) is 4.11. The molecule has 3 aromatic rings. The van der Waals surface area contributed by atoms with Crippen molar-refractivity contribution in [2.75, 3.05) is 13.7 Å². The zero-order valence-corrected chi connectivity index (χ0v) is 34.7. The number of fused-ring (bicyclic) bond motifs is 3. The largest absolute Gasteiger partial charge is 0.497 e. The lowest BCUT2D eigenvalue weighted by Crippen LogP contribution is -2.59. The summed E-state index contributed by atoms with van der Waals surface area (Å²) in [5, 5.41) is 15.0. The number of carboxylic acid groups (broad SMARTS) is 1. The second-order valence-corrected chi connectivity index (χ2v) is 18.6. The van der Waals surface area contributed by atoms with Crippen molar-refractivity contribution in [3.63, 3.8) is 0 Å². The lowest BCUT2D eigenvalue weighted by Gasteiger charge is -2.32. The van der Waals surface area contributed by atoms with Crippen LogP contribution in [0.25, 0.3) is 22.3 Å². The van der Waals surface area contributed by atoms with Crippen LogP contribution in [0.15, 0.2) is 54.6 Å². The molecule has 0 bridgehead atoms. The number of nitrogens with one attached hydrogen (secondary N) is 3. The molecule has 1 saturated heterocycles. The topological polar surface area (TPSA) is 215 Å². The molecule has 316 valence electrons. The number of benzene rings is 2. The Morgan fingerprint density at radius 1 is 1.02 bits per heavy atom. The molecule has 7 atom stereocenters. The molecule has 4 N–H and O–H groups in total. The third-order valence-corrected chi connectivity index (χ3v) is 13.3. The van der Waals surface area contributed by atoms with Crippen molar-refractivity contribution in [2.24, 2.45) is 17.8 Å². The van der Waals surface area contributed by atoms with Gasteiger partial charge in [0.1, 0.15) is 35.2 Å². The molecule has 4 aliphatic rings. The molecule has 4 amide bonds. The van der Waals surface area contributed by atoms with E-state index >= 15 is 0 Å². The first-order valence-electron chi connectivity index (χ1n) is 20.2. The normalized spacial score (nSPS) is 27.5. The Hall–Kier alpha value is -5.45. The lowest BCUT2D eigenvalue weighted by atomic mass is 9.88. The first kappa shape index (κ1) is 41.7. The molecular formula is C42H52N6O10S. The van der Waals surface area contributed by atoms with E-state index in [1.807, 2.05) is 57.2 Å². The quantitative estimate of drug-likeness (QED) is 0.207. The number of nitrogens with zero attached hydrogens (tertiary/aromatic N) is 3. The van der Waals surface area contributed by atoms with Crippen LogP contribution in [0.2, 0.25) is 0 Å². The highest BCUT2D eigenvalue weighted by Crippen LogP contribution is 2.46. The molecule has 2 aliphatic heterocycles. The van der Waals surface area contributed by atoms with Gasteiger partial charge in [0.2, 0.25) is 27.7 Å². The number of hydrogen-bond acceptors (Lipinski definition) is 11. The molecule has 2 aliphatic carbocycles. The molecule has 3 heterocycles. The minimum absolute atomic E-state index is 0.0181. The van der Waals surface area contributed by atoms with Crippen LogP contribution in [-0.4, -0.2) is 101 Å². The fraction of sp³-hybridized carbons (Fsp3) is 0.524. The number of amides is 4. The fourth-order valence-corrected chi connectivity index (χ4v) is 9.53. The van der Waals surface area contributed by atoms with Crippen LogP contribution in [0.1, 0.15) is 72.6 Å². The van der Waals surface area contributed by atoms with Gasteiger partial charge in [-0.15, -0.1) is 0 Å². The first-order chi connectivity index (χ1) is 28.1. The molecule has 7 rings (SSSR count). The first-order valence-corrected chi connectivity index (χ1v) is 21.8. The van der Waals surface area contributed by atoms with Crippen molar-refractivity contribution < 1.29 is 46.9 Å². The van der Waals surface area contributed by atoms with E-state index in [1.165, 1.54) is 4.90 Å². The molecule has 2 aromatic carbocycles. The maximum absolute atomic E-state index is 14.6. The monoisotopic (exact) mass is 832 g/mol. The van der Waals surface area contributed by atoms with Gasteiger partial charge in [-0.05, 0) is 101 Å². The van der Waals surface area contributed by atoms with E-state index in [4.69, 9.17) is 24.2 Å². The van der Waals surface area contributed by atoms with Gasteiger partial charge in [-0.1, -0.05) is 26.0 Å². The van der Waals surface area contributed by atoms with Gasteiger partial charge in [-0.3, -0.25) is 19.1 Å². The average molecular weight is 833 g/mol.